The van der Waals surface area contributed by atoms with E-state index in [9.17, 15) is 4.79 Å². The van der Waals surface area contributed by atoms with E-state index < -0.39 is 0 Å². The summed E-state index contributed by atoms with van der Waals surface area (Å²) in [5, 5.41) is 7.00. The fraction of sp³-hybridized carbons (Fsp3) is 0.824. The summed E-state index contributed by atoms with van der Waals surface area (Å²) in [5.41, 5.74) is 0. The van der Waals surface area contributed by atoms with E-state index in [1.165, 1.54) is 38.5 Å². The summed E-state index contributed by atoms with van der Waals surface area (Å²) in [7, 11) is 0. The van der Waals surface area contributed by atoms with Crippen LogP contribution in [0.4, 0.5) is 0 Å². The molecule has 23 heavy (non-hydrogen) atoms. The van der Waals surface area contributed by atoms with Gasteiger partial charge in [0.2, 0.25) is 11.8 Å². The van der Waals surface area contributed by atoms with E-state index in [2.05, 4.69) is 27.3 Å². The van der Waals surface area contributed by atoms with Crippen LogP contribution in [0.25, 0.3) is 0 Å². The molecule has 1 aromatic heterocycles. The number of likely N-dealkylation sites (tertiary alicyclic amines) is 1. The van der Waals surface area contributed by atoms with Gasteiger partial charge in [0.1, 0.15) is 0 Å². The van der Waals surface area contributed by atoms with Gasteiger partial charge in [-0.2, -0.15) is 4.98 Å². The Morgan fingerprint density at radius 1 is 1.22 bits per heavy atom. The molecule has 0 aromatic carbocycles. The normalized spacial score (nSPS) is 23.8. The van der Waals surface area contributed by atoms with Crippen LogP contribution in [-0.4, -0.2) is 40.1 Å². The topological polar surface area (TPSA) is 71.3 Å². The summed E-state index contributed by atoms with van der Waals surface area (Å²) >= 11 is 0. The van der Waals surface area contributed by atoms with Crippen molar-refractivity contribution in [3.8, 4) is 0 Å². The molecule has 0 unspecified atom stereocenters. The van der Waals surface area contributed by atoms with Crippen LogP contribution in [0.3, 0.4) is 0 Å². The monoisotopic (exact) mass is 320 g/mol. The average Bonchev–Trinajstić information content (AvgIpc) is 3.05. The minimum absolute atomic E-state index is 0.0381. The summed E-state index contributed by atoms with van der Waals surface area (Å²) in [6, 6.07) is 0.496. The number of rotatable bonds is 5. The fourth-order valence-electron chi connectivity index (χ4n) is 3.67. The average molecular weight is 320 g/mol. The first kappa shape index (κ1) is 16.4. The maximum Gasteiger partial charge on any atom is 0.246 e. The standard InChI is InChI=1S/C17H28N4O2/c1-13-7-5-6-10-21(13)12-15(22)18-11-16-19-17(20-23-16)14-8-3-2-4-9-14/h13-14H,2-12H2,1H3,(H,18,22)/t13-/m1/s1. The fourth-order valence-corrected chi connectivity index (χ4v) is 3.67. The van der Waals surface area contributed by atoms with Gasteiger partial charge in [0.15, 0.2) is 5.82 Å². The molecule has 6 heteroatoms. The van der Waals surface area contributed by atoms with Crippen LogP contribution in [-0.2, 0) is 11.3 Å². The van der Waals surface area contributed by atoms with Crippen molar-refractivity contribution < 1.29 is 9.32 Å². The zero-order valence-corrected chi connectivity index (χ0v) is 14.1. The molecule has 2 heterocycles. The summed E-state index contributed by atoms with van der Waals surface area (Å²) in [6.07, 6.45) is 9.75. The van der Waals surface area contributed by atoms with Gasteiger partial charge in [0.05, 0.1) is 13.1 Å². The van der Waals surface area contributed by atoms with Crippen LogP contribution in [0.5, 0.6) is 0 Å². The molecule has 1 amide bonds. The highest BCUT2D eigenvalue weighted by atomic mass is 16.5. The van der Waals surface area contributed by atoms with E-state index in [-0.39, 0.29) is 5.91 Å². The number of aromatic nitrogens is 2. The number of carbonyl (C=O) groups excluding carboxylic acids is 1. The molecule has 1 N–H and O–H groups in total. The molecule has 2 aliphatic rings. The molecule has 0 bridgehead atoms. The van der Waals surface area contributed by atoms with E-state index in [0.717, 1.165) is 25.2 Å². The second kappa shape index (κ2) is 7.90. The third kappa shape index (κ3) is 4.53. The Morgan fingerprint density at radius 2 is 2.00 bits per heavy atom. The van der Waals surface area contributed by atoms with E-state index in [4.69, 9.17) is 4.52 Å². The van der Waals surface area contributed by atoms with Crippen LogP contribution in [0, 0.1) is 0 Å². The van der Waals surface area contributed by atoms with Crippen molar-refractivity contribution in [1.82, 2.24) is 20.4 Å². The molecular weight excluding hydrogens is 292 g/mol. The zero-order chi connectivity index (χ0) is 16.1. The van der Waals surface area contributed by atoms with Gasteiger partial charge in [-0.25, -0.2) is 0 Å². The Labute approximate surface area is 138 Å². The van der Waals surface area contributed by atoms with Crippen molar-refractivity contribution in [3.63, 3.8) is 0 Å². The Kier molecular flexibility index (Phi) is 5.65. The first-order valence-corrected chi connectivity index (χ1v) is 9.05. The van der Waals surface area contributed by atoms with Crippen molar-refractivity contribution in [3.05, 3.63) is 11.7 Å². The van der Waals surface area contributed by atoms with Gasteiger partial charge in [-0.3, -0.25) is 9.69 Å². The maximum absolute atomic E-state index is 12.1. The molecule has 128 valence electrons. The van der Waals surface area contributed by atoms with Gasteiger partial charge in [0.25, 0.3) is 0 Å². The summed E-state index contributed by atoms with van der Waals surface area (Å²) in [6.45, 7) is 4.01. The lowest BCUT2D eigenvalue weighted by Crippen LogP contribution is -2.44. The molecule has 0 spiro atoms. The lowest BCUT2D eigenvalue weighted by molar-refractivity contribution is -0.123. The summed E-state index contributed by atoms with van der Waals surface area (Å²) in [5.74, 6) is 1.81. The van der Waals surface area contributed by atoms with Gasteiger partial charge in [-0.1, -0.05) is 30.8 Å². The molecule has 2 fully saturated rings. The van der Waals surface area contributed by atoms with E-state index >= 15 is 0 Å². The first-order chi connectivity index (χ1) is 11.2. The Balaban J connectivity index is 1.44. The van der Waals surface area contributed by atoms with Gasteiger partial charge < -0.3 is 9.84 Å². The Bertz CT molecular complexity index is 510. The van der Waals surface area contributed by atoms with Crippen LogP contribution in [0.1, 0.15) is 75.9 Å². The second-order valence-electron chi connectivity index (χ2n) is 6.97. The number of nitrogens with zero attached hydrogens (tertiary/aromatic N) is 3. The van der Waals surface area contributed by atoms with Crippen molar-refractivity contribution >= 4 is 5.91 Å². The lowest BCUT2D eigenvalue weighted by Gasteiger charge is -2.32. The number of piperidine rings is 1. The predicted octanol–water partition coefficient (Wildman–Crippen LogP) is 2.61. The number of hydrogen-bond acceptors (Lipinski definition) is 5. The van der Waals surface area contributed by atoms with Crippen LogP contribution < -0.4 is 5.32 Å². The molecule has 6 nitrogen and oxygen atoms in total. The number of amides is 1. The molecule has 1 aromatic rings. The van der Waals surface area contributed by atoms with Gasteiger partial charge in [0, 0.05) is 12.0 Å². The highest BCUT2D eigenvalue weighted by molar-refractivity contribution is 5.77. The molecule has 1 saturated carbocycles. The second-order valence-corrected chi connectivity index (χ2v) is 6.97. The minimum atomic E-state index is 0.0381. The SMILES string of the molecule is C[C@@H]1CCCCN1CC(=O)NCc1nc(C2CCCCC2)no1. The largest absolute Gasteiger partial charge is 0.346 e. The third-order valence-corrected chi connectivity index (χ3v) is 5.18. The molecule has 1 aliphatic carbocycles. The molecule has 1 saturated heterocycles. The van der Waals surface area contributed by atoms with Crippen molar-refractivity contribution in [1.29, 1.82) is 0 Å². The highest BCUT2D eigenvalue weighted by Gasteiger charge is 2.22. The smallest absolute Gasteiger partial charge is 0.246 e. The van der Waals surface area contributed by atoms with E-state index in [1.54, 1.807) is 0 Å². The van der Waals surface area contributed by atoms with Crippen molar-refractivity contribution in [2.24, 2.45) is 0 Å². The minimum Gasteiger partial charge on any atom is -0.346 e. The van der Waals surface area contributed by atoms with Gasteiger partial charge in [-0.15, -0.1) is 0 Å². The first-order valence-electron chi connectivity index (χ1n) is 9.05. The van der Waals surface area contributed by atoms with Gasteiger partial charge >= 0.3 is 0 Å². The zero-order valence-electron chi connectivity index (χ0n) is 14.1. The molecule has 3 rings (SSSR count). The third-order valence-electron chi connectivity index (χ3n) is 5.18. The molecule has 1 aliphatic heterocycles. The summed E-state index contributed by atoms with van der Waals surface area (Å²) < 4.78 is 5.29. The van der Waals surface area contributed by atoms with E-state index in [0.29, 0.717) is 30.9 Å². The number of nitrogens with one attached hydrogen (secondary N) is 1. The van der Waals surface area contributed by atoms with Crippen LogP contribution >= 0.6 is 0 Å². The Morgan fingerprint density at radius 3 is 2.78 bits per heavy atom. The Hall–Kier alpha value is -1.43. The number of carbonyl (C=O) groups is 1. The van der Waals surface area contributed by atoms with E-state index in [1.807, 2.05) is 0 Å². The van der Waals surface area contributed by atoms with Crippen molar-refractivity contribution in [2.75, 3.05) is 13.1 Å². The quantitative estimate of drug-likeness (QED) is 0.903. The maximum atomic E-state index is 12.1. The number of hydrogen-bond donors (Lipinski definition) is 1. The highest BCUT2D eigenvalue weighted by Crippen LogP contribution is 2.30. The summed E-state index contributed by atoms with van der Waals surface area (Å²) in [4.78, 5) is 18.8. The van der Waals surface area contributed by atoms with Crippen LogP contribution in [0.2, 0.25) is 0 Å². The lowest BCUT2D eigenvalue weighted by atomic mass is 9.89. The van der Waals surface area contributed by atoms with Gasteiger partial charge in [-0.05, 0) is 39.2 Å². The predicted molar refractivity (Wildman–Crippen MR) is 86.9 cm³/mol. The van der Waals surface area contributed by atoms with Crippen LogP contribution in [0.15, 0.2) is 4.52 Å². The molecular formula is C17H28N4O2. The van der Waals surface area contributed by atoms with Crippen molar-refractivity contribution in [2.45, 2.75) is 76.8 Å². The molecule has 1 atom stereocenters. The molecule has 0 radical (unpaired) electrons.